The number of carbonyl (C=O) groups excluding carboxylic acids is 1. The predicted octanol–water partition coefficient (Wildman–Crippen LogP) is 2.66. The third-order valence-corrected chi connectivity index (χ3v) is 3.68. The molecule has 2 aromatic heterocycles. The molecule has 7 nitrogen and oxygen atoms in total. The summed E-state index contributed by atoms with van der Waals surface area (Å²) >= 11 is 5.86. The van der Waals surface area contributed by atoms with Crippen LogP contribution in [-0.2, 0) is 4.74 Å². The van der Waals surface area contributed by atoms with Gasteiger partial charge in [-0.3, -0.25) is 0 Å². The lowest BCUT2D eigenvalue weighted by atomic mass is 10.2. The van der Waals surface area contributed by atoms with Gasteiger partial charge in [-0.25, -0.2) is 14.8 Å². The lowest BCUT2D eigenvalue weighted by Crippen LogP contribution is -2.35. The second kappa shape index (κ2) is 5.39. The van der Waals surface area contributed by atoms with E-state index >= 15 is 0 Å². The Morgan fingerprint density at radius 2 is 2.18 bits per heavy atom. The molecule has 1 saturated heterocycles. The summed E-state index contributed by atoms with van der Waals surface area (Å²) in [5, 5.41) is 0.191. The number of carbonyl (C=O) groups is 1. The van der Waals surface area contributed by atoms with Crippen LogP contribution in [0.15, 0.2) is 12.5 Å². The van der Waals surface area contributed by atoms with Crippen molar-refractivity contribution in [1.29, 1.82) is 0 Å². The molecule has 1 unspecified atom stereocenters. The van der Waals surface area contributed by atoms with Gasteiger partial charge in [-0.1, -0.05) is 0 Å². The molecule has 1 atom stereocenters. The van der Waals surface area contributed by atoms with Gasteiger partial charge < -0.3 is 14.2 Å². The van der Waals surface area contributed by atoms with E-state index < -0.39 is 5.60 Å². The van der Waals surface area contributed by atoms with E-state index in [1.54, 1.807) is 17.4 Å². The van der Waals surface area contributed by atoms with Crippen molar-refractivity contribution in [3.63, 3.8) is 0 Å². The van der Waals surface area contributed by atoms with E-state index in [1.165, 1.54) is 0 Å². The SMILES string of the molecule is CC(C)(C)OC(=O)N1CCC(n2cnc3cnc(Cl)nc32)C1. The van der Waals surface area contributed by atoms with Gasteiger partial charge in [0, 0.05) is 13.1 Å². The molecule has 0 saturated carbocycles. The minimum Gasteiger partial charge on any atom is -0.444 e. The maximum atomic E-state index is 12.1. The van der Waals surface area contributed by atoms with Gasteiger partial charge in [-0.05, 0) is 38.8 Å². The molecule has 3 heterocycles. The number of fused-ring (bicyclic) bond motifs is 1. The highest BCUT2D eigenvalue weighted by Crippen LogP contribution is 2.26. The summed E-state index contributed by atoms with van der Waals surface area (Å²) in [5.74, 6) is 0. The Hall–Kier alpha value is -1.89. The van der Waals surface area contributed by atoms with Crippen molar-refractivity contribution in [3.05, 3.63) is 17.8 Å². The highest BCUT2D eigenvalue weighted by atomic mass is 35.5. The van der Waals surface area contributed by atoms with E-state index in [9.17, 15) is 4.79 Å². The van der Waals surface area contributed by atoms with E-state index in [4.69, 9.17) is 16.3 Å². The smallest absolute Gasteiger partial charge is 0.410 e. The zero-order valence-electron chi connectivity index (χ0n) is 12.8. The molecule has 0 spiro atoms. The monoisotopic (exact) mass is 323 g/mol. The highest BCUT2D eigenvalue weighted by molar-refractivity contribution is 6.28. The molecule has 3 rings (SSSR count). The van der Waals surface area contributed by atoms with E-state index in [1.807, 2.05) is 25.3 Å². The first-order chi connectivity index (χ1) is 10.3. The largest absolute Gasteiger partial charge is 0.444 e. The number of ether oxygens (including phenoxy) is 1. The first-order valence-corrected chi connectivity index (χ1v) is 7.54. The van der Waals surface area contributed by atoms with Crippen LogP contribution in [0, 0.1) is 0 Å². The third-order valence-electron chi connectivity index (χ3n) is 3.49. The van der Waals surface area contributed by atoms with Gasteiger partial charge in [0.1, 0.15) is 11.1 Å². The normalized spacial score (nSPS) is 18.9. The van der Waals surface area contributed by atoms with Crippen molar-refractivity contribution in [2.24, 2.45) is 0 Å². The van der Waals surface area contributed by atoms with E-state index in [0.29, 0.717) is 24.3 Å². The molecular formula is C14H18ClN5O2. The Morgan fingerprint density at radius 1 is 1.41 bits per heavy atom. The summed E-state index contributed by atoms with van der Waals surface area (Å²) in [6.07, 6.45) is 3.86. The van der Waals surface area contributed by atoms with Gasteiger partial charge in [-0.2, -0.15) is 4.98 Å². The van der Waals surface area contributed by atoms with Crippen molar-refractivity contribution >= 4 is 28.9 Å². The topological polar surface area (TPSA) is 73.1 Å². The molecule has 8 heteroatoms. The van der Waals surface area contributed by atoms with Gasteiger partial charge in [-0.15, -0.1) is 0 Å². The van der Waals surface area contributed by atoms with Crippen molar-refractivity contribution in [3.8, 4) is 0 Å². The van der Waals surface area contributed by atoms with Gasteiger partial charge in [0.2, 0.25) is 5.28 Å². The summed E-state index contributed by atoms with van der Waals surface area (Å²) < 4.78 is 7.36. The Kier molecular flexibility index (Phi) is 3.68. The molecule has 1 aliphatic heterocycles. The van der Waals surface area contributed by atoms with Crippen molar-refractivity contribution in [2.45, 2.75) is 38.8 Å². The number of rotatable bonds is 1. The molecule has 0 aromatic carbocycles. The van der Waals surface area contributed by atoms with Crippen molar-refractivity contribution in [1.82, 2.24) is 24.4 Å². The minimum absolute atomic E-state index is 0.114. The highest BCUT2D eigenvalue weighted by Gasteiger charge is 2.31. The van der Waals surface area contributed by atoms with Gasteiger partial charge in [0.25, 0.3) is 0 Å². The van der Waals surface area contributed by atoms with Crippen LogP contribution in [-0.4, -0.2) is 49.2 Å². The van der Waals surface area contributed by atoms with Crippen LogP contribution in [0.1, 0.15) is 33.2 Å². The lowest BCUT2D eigenvalue weighted by molar-refractivity contribution is 0.0289. The average Bonchev–Trinajstić information content (AvgIpc) is 3.01. The van der Waals surface area contributed by atoms with Crippen LogP contribution < -0.4 is 0 Å². The number of hydrogen-bond acceptors (Lipinski definition) is 5. The fourth-order valence-electron chi connectivity index (χ4n) is 2.53. The fraction of sp³-hybridized carbons (Fsp3) is 0.571. The van der Waals surface area contributed by atoms with Crippen LogP contribution in [0.3, 0.4) is 0 Å². The molecule has 118 valence electrons. The molecule has 0 aliphatic carbocycles. The van der Waals surface area contributed by atoms with Gasteiger partial charge in [0.15, 0.2) is 5.65 Å². The number of likely N-dealkylation sites (tertiary alicyclic amines) is 1. The molecule has 22 heavy (non-hydrogen) atoms. The Morgan fingerprint density at radius 3 is 2.91 bits per heavy atom. The summed E-state index contributed by atoms with van der Waals surface area (Å²) in [7, 11) is 0. The molecular weight excluding hydrogens is 306 g/mol. The summed E-state index contributed by atoms with van der Waals surface area (Å²) in [6, 6.07) is 0.114. The van der Waals surface area contributed by atoms with Crippen LogP contribution in [0.2, 0.25) is 5.28 Å². The standard InChI is InChI=1S/C14H18ClN5O2/c1-14(2,3)22-13(21)19-5-4-9(7-19)20-8-17-10-6-16-12(15)18-11(10)20/h6,8-9H,4-5,7H2,1-3H3. The molecule has 0 radical (unpaired) electrons. The van der Waals surface area contributed by atoms with Crippen LogP contribution >= 0.6 is 11.6 Å². The third kappa shape index (κ3) is 2.99. The number of halogens is 1. The van der Waals surface area contributed by atoms with E-state index in [0.717, 1.165) is 6.42 Å². The number of imidazole rings is 1. The molecule has 1 aliphatic rings. The number of hydrogen-bond donors (Lipinski definition) is 0. The first kappa shape index (κ1) is 15.0. The maximum Gasteiger partial charge on any atom is 0.410 e. The maximum absolute atomic E-state index is 12.1. The quantitative estimate of drug-likeness (QED) is 0.754. The number of amides is 1. The fourth-order valence-corrected chi connectivity index (χ4v) is 2.66. The summed E-state index contributed by atoms with van der Waals surface area (Å²) in [5.41, 5.74) is 0.897. The zero-order valence-corrected chi connectivity index (χ0v) is 13.5. The summed E-state index contributed by atoms with van der Waals surface area (Å²) in [4.78, 5) is 26.3. The van der Waals surface area contributed by atoms with Gasteiger partial charge >= 0.3 is 6.09 Å². The second-order valence-electron chi connectivity index (χ2n) is 6.37. The van der Waals surface area contributed by atoms with E-state index in [2.05, 4.69) is 15.0 Å². The van der Waals surface area contributed by atoms with Crippen molar-refractivity contribution in [2.75, 3.05) is 13.1 Å². The van der Waals surface area contributed by atoms with Crippen LogP contribution in [0.4, 0.5) is 4.79 Å². The Labute approximate surface area is 133 Å². The number of nitrogens with zero attached hydrogens (tertiary/aromatic N) is 5. The van der Waals surface area contributed by atoms with Crippen LogP contribution in [0.25, 0.3) is 11.2 Å². The van der Waals surface area contributed by atoms with Gasteiger partial charge in [0.05, 0.1) is 18.6 Å². The lowest BCUT2D eigenvalue weighted by Gasteiger charge is -2.24. The second-order valence-corrected chi connectivity index (χ2v) is 6.71. The average molecular weight is 324 g/mol. The van der Waals surface area contributed by atoms with Crippen LogP contribution in [0.5, 0.6) is 0 Å². The number of aromatic nitrogens is 4. The predicted molar refractivity (Wildman–Crippen MR) is 81.8 cm³/mol. The minimum atomic E-state index is -0.488. The molecule has 0 bridgehead atoms. The Balaban J connectivity index is 1.77. The zero-order chi connectivity index (χ0) is 15.9. The molecule has 1 amide bonds. The molecule has 0 N–H and O–H groups in total. The molecule has 1 fully saturated rings. The van der Waals surface area contributed by atoms with E-state index in [-0.39, 0.29) is 17.4 Å². The summed E-state index contributed by atoms with van der Waals surface area (Å²) in [6.45, 7) is 6.81. The first-order valence-electron chi connectivity index (χ1n) is 7.16. The molecule has 2 aromatic rings. The Bertz CT molecular complexity index is 709. The van der Waals surface area contributed by atoms with Crippen molar-refractivity contribution < 1.29 is 9.53 Å².